The second-order valence-corrected chi connectivity index (χ2v) is 7.37. The van der Waals surface area contributed by atoms with Gasteiger partial charge in [-0.05, 0) is 36.7 Å². The first-order valence-corrected chi connectivity index (χ1v) is 9.45. The fourth-order valence-corrected chi connectivity index (χ4v) is 4.83. The quantitative estimate of drug-likeness (QED) is 0.834. The van der Waals surface area contributed by atoms with Gasteiger partial charge in [0.25, 0.3) is 0 Å². The summed E-state index contributed by atoms with van der Waals surface area (Å²) in [6.45, 7) is 3.94. The average molecular weight is 324 g/mol. The topological polar surface area (TPSA) is 44.1 Å². The van der Waals surface area contributed by atoms with Crippen molar-refractivity contribution < 1.29 is 4.79 Å². The molecule has 0 aromatic heterocycles. The Bertz CT molecular complexity index is 592. The summed E-state index contributed by atoms with van der Waals surface area (Å²) in [5.74, 6) is 1.38. The monoisotopic (exact) mass is 324 g/mol. The van der Waals surface area contributed by atoms with Crippen molar-refractivity contribution in [3.8, 4) is 6.07 Å². The van der Waals surface area contributed by atoms with Crippen LogP contribution in [0.4, 0.5) is 0 Å². The molecule has 0 spiro atoms. The minimum Gasteiger partial charge on any atom is -0.299 e. The van der Waals surface area contributed by atoms with Crippen molar-refractivity contribution in [1.82, 2.24) is 4.90 Å². The number of nitrogens with zero attached hydrogens (tertiary/aromatic N) is 2. The van der Waals surface area contributed by atoms with Crippen LogP contribution in [0, 0.1) is 29.1 Å². The maximum atomic E-state index is 12.4. The van der Waals surface area contributed by atoms with Crippen LogP contribution in [0.5, 0.6) is 0 Å². The molecule has 4 unspecified atom stereocenters. The van der Waals surface area contributed by atoms with Gasteiger partial charge in [-0.15, -0.1) is 0 Å². The van der Waals surface area contributed by atoms with Crippen LogP contribution in [0.2, 0.25) is 0 Å². The summed E-state index contributed by atoms with van der Waals surface area (Å²) >= 11 is 0. The van der Waals surface area contributed by atoms with Gasteiger partial charge in [-0.1, -0.05) is 50.1 Å². The Labute approximate surface area is 145 Å². The minimum atomic E-state index is -0.0660. The van der Waals surface area contributed by atoms with E-state index >= 15 is 0 Å². The summed E-state index contributed by atoms with van der Waals surface area (Å²) < 4.78 is 0. The highest BCUT2D eigenvalue weighted by atomic mass is 16.1. The number of hydrogen-bond donors (Lipinski definition) is 0. The standard InChI is InChI=1S/C21H28N2O/c1-2-17-18(19-10-6-7-11-21(19)24)12-13-23(20(17)14-22)15-16-8-4-3-5-9-16/h3-5,8-9,17-20H,2,6-7,10-13,15H2,1H3. The number of carbonyl (C=O) groups excluding carboxylic acids is 1. The zero-order chi connectivity index (χ0) is 16.9. The molecule has 1 saturated heterocycles. The highest BCUT2D eigenvalue weighted by Gasteiger charge is 2.43. The molecular formula is C21H28N2O. The maximum absolute atomic E-state index is 12.4. The number of Topliss-reactive ketones (excluding diaryl/α,β-unsaturated/α-hetero) is 1. The van der Waals surface area contributed by atoms with Gasteiger partial charge in [-0.25, -0.2) is 0 Å². The first-order chi connectivity index (χ1) is 11.7. The van der Waals surface area contributed by atoms with Gasteiger partial charge in [0.2, 0.25) is 0 Å². The smallest absolute Gasteiger partial charge is 0.136 e. The normalized spacial score (nSPS) is 31.6. The number of likely N-dealkylation sites (tertiary alicyclic amines) is 1. The van der Waals surface area contributed by atoms with Gasteiger partial charge in [0.1, 0.15) is 11.8 Å². The molecule has 1 aliphatic heterocycles. The first kappa shape index (κ1) is 17.2. The fourth-order valence-electron chi connectivity index (χ4n) is 4.83. The van der Waals surface area contributed by atoms with E-state index in [0.717, 1.165) is 45.2 Å². The third-order valence-corrected chi connectivity index (χ3v) is 6.05. The molecule has 0 amide bonds. The number of rotatable bonds is 4. The summed E-state index contributed by atoms with van der Waals surface area (Å²) in [5, 5.41) is 9.85. The molecule has 0 N–H and O–H groups in total. The minimum absolute atomic E-state index is 0.0660. The van der Waals surface area contributed by atoms with Crippen molar-refractivity contribution >= 4 is 5.78 Å². The van der Waals surface area contributed by atoms with Crippen LogP contribution < -0.4 is 0 Å². The Morgan fingerprint density at radius 3 is 2.67 bits per heavy atom. The molecule has 3 heteroatoms. The SMILES string of the molecule is CCC1C(C2CCCCC2=O)CCN(Cc2ccccc2)C1C#N. The molecule has 1 saturated carbocycles. The lowest BCUT2D eigenvalue weighted by Crippen LogP contribution is -2.50. The fraction of sp³-hybridized carbons (Fsp3) is 0.619. The molecule has 1 aliphatic carbocycles. The van der Waals surface area contributed by atoms with Crippen molar-refractivity contribution in [2.75, 3.05) is 6.54 Å². The average Bonchev–Trinajstić information content (AvgIpc) is 2.62. The largest absolute Gasteiger partial charge is 0.299 e. The summed E-state index contributed by atoms with van der Waals surface area (Å²) in [7, 11) is 0. The summed E-state index contributed by atoms with van der Waals surface area (Å²) in [4.78, 5) is 14.8. The van der Waals surface area contributed by atoms with Gasteiger partial charge < -0.3 is 0 Å². The van der Waals surface area contributed by atoms with E-state index < -0.39 is 0 Å². The maximum Gasteiger partial charge on any atom is 0.136 e. The van der Waals surface area contributed by atoms with Crippen LogP contribution in [0.3, 0.4) is 0 Å². The molecule has 1 aromatic rings. The van der Waals surface area contributed by atoms with E-state index in [4.69, 9.17) is 0 Å². The molecule has 3 rings (SSSR count). The van der Waals surface area contributed by atoms with E-state index in [1.165, 1.54) is 12.0 Å². The van der Waals surface area contributed by atoms with E-state index in [9.17, 15) is 10.1 Å². The van der Waals surface area contributed by atoms with Crippen LogP contribution in [-0.4, -0.2) is 23.3 Å². The Morgan fingerprint density at radius 2 is 2.00 bits per heavy atom. The van der Waals surface area contributed by atoms with Crippen molar-refractivity contribution in [2.45, 2.75) is 58.0 Å². The van der Waals surface area contributed by atoms with E-state index in [-0.39, 0.29) is 12.0 Å². The Morgan fingerprint density at radius 1 is 1.21 bits per heavy atom. The second-order valence-electron chi connectivity index (χ2n) is 7.37. The molecule has 2 fully saturated rings. The van der Waals surface area contributed by atoms with Crippen LogP contribution in [0.15, 0.2) is 30.3 Å². The van der Waals surface area contributed by atoms with Gasteiger partial charge in [-0.3, -0.25) is 9.69 Å². The number of benzene rings is 1. The van der Waals surface area contributed by atoms with Crippen LogP contribution in [-0.2, 0) is 11.3 Å². The predicted molar refractivity (Wildman–Crippen MR) is 95.1 cm³/mol. The summed E-state index contributed by atoms with van der Waals surface area (Å²) in [5.41, 5.74) is 1.26. The second kappa shape index (κ2) is 7.94. The van der Waals surface area contributed by atoms with E-state index in [0.29, 0.717) is 17.6 Å². The third-order valence-electron chi connectivity index (χ3n) is 6.05. The van der Waals surface area contributed by atoms with E-state index in [2.05, 4.69) is 42.2 Å². The molecule has 24 heavy (non-hydrogen) atoms. The zero-order valence-electron chi connectivity index (χ0n) is 14.7. The highest BCUT2D eigenvalue weighted by Crippen LogP contribution is 2.41. The van der Waals surface area contributed by atoms with Gasteiger partial charge in [0, 0.05) is 25.4 Å². The van der Waals surface area contributed by atoms with Crippen LogP contribution in [0.1, 0.15) is 51.0 Å². The number of nitriles is 1. The molecule has 0 bridgehead atoms. The lowest BCUT2D eigenvalue weighted by molar-refractivity contribution is -0.128. The van der Waals surface area contributed by atoms with Crippen molar-refractivity contribution in [1.29, 1.82) is 5.26 Å². The molecule has 2 aliphatic rings. The van der Waals surface area contributed by atoms with Crippen molar-refractivity contribution in [3.05, 3.63) is 35.9 Å². The van der Waals surface area contributed by atoms with Gasteiger partial charge in [0.15, 0.2) is 0 Å². The Hall–Kier alpha value is -1.66. The van der Waals surface area contributed by atoms with Crippen LogP contribution in [0.25, 0.3) is 0 Å². The lowest BCUT2D eigenvalue weighted by Gasteiger charge is -2.45. The molecular weight excluding hydrogens is 296 g/mol. The molecule has 1 heterocycles. The molecule has 3 nitrogen and oxygen atoms in total. The van der Waals surface area contributed by atoms with Gasteiger partial charge in [0.05, 0.1) is 6.07 Å². The predicted octanol–water partition coefficient (Wildman–Crippen LogP) is 4.19. The Balaban J connectivity index is 1.76. The number of carbonyl (C=O) groups is 1. The van der Waals surface area contributed by atoms with E-state index in [1.807, 2.05) is 6.07 Å². The van der Waals surface area contributed by atoms with Gasteiger partial charge >= 0.3 is 0 Å². The zero-order valence-corrected chi connectivity index (χ0v) is 14.7. The highest BCUT2D eigenvalue weighted by molar-refractivity contribution is 5.82. The molecule has 1 aromatic carbocycles. The number of ketones is 1. The van der Waals surface area contributed by atoms with Crippen LogP contribution >= 0.6 is 0 Å². The molecule has 0 radical (unpaired) electrons. The summed E-state index contributed by atoms with van der Waals surface area (Å²) in [6, 6.07) is 12.9. The van der Waals surface area contributed by atoms with E-state index in [1.54, 1.807) is 0 Å². The summed E-state index contributed by atoms with van der Waals surface area (Å²) in [6.07, 6.45) is 6.06. The third kappa shape index (κ3) is 3.54. The number of hydrogen-bond acceptors (Lipinski definition) is 3. The molecule has 4 atom stereocenters. The Kier molecular flexibility index (Phi) is 5.68. The molecule has 128 valence electrons. The van der Waals surface area contributed by atoms with Crippen molar-refractivity contribution in [2.24, 2.45) is 17.8 Å². The van der Waals surface area contributed by atoms with Gasteiger partial charge in [-0.2, -0.15) is 5.26 Å². The van der Waals surface area contributed by atoms with Crippen molar-refractivity contribution in [3.63, 3.8) is 0 Å². The first-order valence-electron chi connectivity index (χ1n) is 9.45. The number of piperidine rings is 1. The lowest BCUT2D eigenvalue weighted by atomic mass is 9.67.